The number of epoxide rings is 1. The van der Waals surface area contributed by atoms with Crippen LogP contribution in [-0.4, -0.2) is 38.6 Å². The van der Waals surface area contributed by atoms with Gasteiger partial charge in [0.15, 0.2) is 0 Å². The maximum absolute atomic E-state index is 5.29. The van der Waals surface area contributed by atoms with Gasteiger partial charge in [-0.2, -0.15) is 0 Å². The molecule has 0 spiro atoms. The van der Waals surface area contributed by atoms with Crippen LogP contribution in [0.5, 0.6) is 0 Å². The zero-order valence-electron chi connectivity index (χ0n) is 7.83. The van der Waals surface area contributed by atoms with Crippen LogP contribution >= 0.6 is 0 Å². The lowest BCUT2D eigenvalue weighted by Gasteiger charge is -2.10. The smallest absolute Gasteiger partial charge is 0.138 e. The number of hydrogen-bond donors (Lipinski definition) is 0. The summed E-state index contributed by atoms with van der Waals surface area (Å²) in [6.07, 6.45) is 3.45. The summed E-state index contributed by atoms with van der Waals surface area (Å²) < 4.78 is 15.9. The summed E-state index contributed by atoms with van der Waals surface area (Å²) in [6.45, 7) is 10.1. The highest BCUT2D eigenvalue weighted by Gasteiger charge is 2.45. The predicted molar refractivity (Wildman–Crippen MR) is 50.7 cm³/mol. The number of ether oxygens (including phenoxy) is 3. The van der Waals surface area contributed by atoms with Crippen molar-refractivity contribution in [2.75, 3.05) is 33.0 Å². The highest BCUT2D eigenvalue weighted by molar-refractivity contribution is 4.92. The Bertz CT molecular complexity index is 157. The van der Waals surface area contributed by atoms with E-state index in [1.807, 2.05) is 0 Å². The summed E-state index contributed by atoms with van der Waals surface area (Å²) in [5.74, 6) is 0. The molecule has 1 rings (SSSR count). The second kappa shape index (κ2) is 5.17. The lowest BCUT2D eigenvalue weighted by Crippen LogP contribution is -2.26. The minimum atomic E-state index is -0.188. The molecule has 0 N–H and O–H groups in total. The van der Waals surface area contributed by atoms with Gasteiger partial charge in [0, 0.05) is 0 Å². The van der Waals surface area contributed by atoms with Gasteiger partial charge in [0.1, 0.15) is 5.60 Å². The van der Waals surface area contributed by atoms with E-state index in [1.54, 1.807) is 12.2 Å². The Balaban J connectivity index is 2.07. The van der Waals surface area contributed by atoms with E-state index < -0.39 is 0 Å². The molecule has 0 atom stereocenters. The molecule has 13 heavy (non-hydrogen) atoms. The molecule has 1 heterocycles. The van der Waals surface area contributed by atoms with Crippen LogP contribution in [0.1, 0.15) is 0 Å². The normalized spacial score (nSPS) is 18.2. The van der Waals surface area contributed by atoms with Crippen molar-refractivity contribution in [3.63, 3.8) is 0 Å². The minimum absolute atomic E-state index is 0.188. The van der Waals surface area contributed by atoms with Gasteiger partial charge in [-0.05, 0) is 0 Å². The van der Waals surface area contributed by atoms with Crippen molar-refractivity contribution in [3.05, 3.63) is 25.3 Å². The van der Waals surface area contributed by atoms with Crippen LogP contribution in [0.25, 0.3) is 0 Å². The molecule has 0 aromatic carbocycles. The molecule has 0 unspecified atom stereocenters. The van der Waals surface area contributed by atoms with Gasteiger partial charge >= 0.3 is 0 Å². The molecule has 0 amide bonds. The van der Waals surface area contributed by atoms with Crippen LogP contribution in [0.2, 0.25) is 0 Å². The van der Waals surface area contributed by atoms with Crippen LogP contribution in [0, 0.1) is 0 Å². The minimum Gasteiger partial charge on any atom is -0.374 e. The fourth-order valence-corrected chi connectivity index (χ4v) is 0.967. The largest absolute Gasteiger partial charge is 0.374 e. The standard InChI is InChI=1S/C10H16O3/c1-3-5-11-7-10(9-13-10)8-12-6-4-2/h3-4H,1-2,5-9H2. The molecule has 1 saturated heterocycles. The van der Waals surface area contributed by atoms with Crippen LogP contribution in [0.4, 0.5) is 0 Å². The number of hydrogen-bond acceptors (Lipinski definition) is 3. The van der Waals surface area contributed by atoms with Gasteiger partial charge in [0.05, 0.1) is 33.0 Å². The van der Waals surface area contributed by atoms with Crippen LogP contribution in [0.15, 0.2) is 25.3 Å². The van der Waals surface area contributed by atoms with Crippen molar-refractivity contribution in [1.82, 2.24) is 0 Å². The molecule has 1 aliphatic heterocycles. The Labute approximate surface area is 79.0 Å². The maximum Gasteiger partial charge on any atom is 0.138 e. The van der Waals surface area contributed by atoms with E-state index in [2.05, 4.69) is 13.2 Å². The molecular formula is C10H16O3. The molecule has 0 bridgehead atoms. The SMILES string of the molecule is C=CCOCC1(COCC=C)CO1. The Morgan fingerprint density at radius 1 is 1.15 bits per heavy atom. The third-order valence-electron chi connectivity index (χ3n) is 1.75. The van der Waals surface area contributed by atoms with Gasteiger partial charge in [-0.3, -0.25) is 0 Å². The third-order valence-corrected chi connectivity index (χ3v) is 1.75. The van der Waals surface area contributed by atoms with Crippen LogP contribution < -0.4 is 0 Å². The van der Waals surface area contributed by atoms with E-state index in [1.165, 1.54) is 0 Å². The van der Waals surface area contributed by atoms with Crippen LogP contribution in [-0.2, 0) is 14.2 Å². The molecule has 0 aromatic heterocycles. The fourth-order valence-electron chi connectivity index (χ4n) is 0.967. The van der Waals surface area contributed by atoms with Crippen molar-refractivity contribution in [2.45, 2.75) is 5.60 Å². The Morgan fingerprint density at radius 3 is 1.92 bits per heavy atom. The summed E-state index contributed by atoms with van der Waals surface area (Å²) in [5, 5.41) is 0. The number of rotatable bonds is 8. The summed E-state index contributed by atoms with van der Waals surface area (Å²) in [5.41, 5.74) is -0.188. The molecule has 74 valence electrons. The summed E-state index contributed by atoms with van der Waals surface area (Å²) >= 11 is 0. The Morgan fingerprint density at radius 2 is 1.62 bits per heavy atom. The second-order valence-electron chi connectivity index (χ2n) is 3.08. The average molecular weight is 184 g/mol. The van der Waals surface area contributed by atoms with Gasteiger partial charge < -0.3 is 14.2 Å². The first-order valence-electron chi connectivity index (χ1n) is 4.34. The lowest BCUT2D eigenvalue weighted by molar-refractivity contribution is 0.0355. The molecule has 1 fully saturated rings. The zero-order chi connectivity index (χ0) is 9.57. The monoisotopic (exact) mass is 184 g/mol. The summed E-state index contributed by atoms with van der Waals surface area (Å²) in [4.78, 5) is 0. The van der Waals surface area contributed by atoms with Crippen molar-refractivity contribution >= 4 is 0 Å². The first-order valence-corrected chi connectivity index (χ1v) is 4.34. The van der Waals surface area contributed by atoms with Gasteiger partial charge in [-0.25, -0.2) is 0 Å². The van der Waals surface area contributed by atoms with E-state index in [9.17, 15) is 0 Å². The molecule has 0 saturated carbocycles. The first kappa shape index (κ1) is 10.4. The van der Waals surface area contributed by atoms with E-state index in [0.717, 1.165) is 6.61 Å². The topological polar surface area (TPSA) is 31.0 Å². The molecule has 0 aliphatic carbocycles. The Kier molecular flexibility index (Phi) is 4.15. The van der Waals surface area contributed by atoms with E-state index in [-0.39, 0.29) is 5.60 Å². The highest BCUT2D eigenvalue weighted by Crippen LogP contribution is 2.27. The van der Waals surface area contributed by atoms with E-state index in [4.69, 9.17) is 14.2 Å². The third kappa shape index (κ3) is 3.72. The molecule has 3 heteroatoms. The second-order valence-corrected chi connectivity index (χ2v) is 3.08. The van der Waals surface area contributed by atoms with Crippen molar-refractivity contribution < 1.29 is 14.2 Å². The van der Waals surface area contributed by atoms with Gasteiger partial charge in [-0.1, -0.05) is 12.2 Å². The fraction of sp³-hybridized carbons (Fsp3) is 0.600. The van der Waals surface area contributed by atoms with E-state index in [0.29, 0.717) is 26.4 Å². The summed E-state index contributed by atoms with van der Waals surface area (Å²) in [7, 11) is 0. The molecule has 1 aliphatic rings. The van der Waals surface area contributed by atoms with Crippen molar-refractivity contribution in [2.24, 2.45) is 0 Å². The van der Waals surface area contributed by atoms with Crippen molar-refractivity contribution in [3.8, 4) is 0 Å². The van der Waals surface area contributed by atoms with Gasteiger partial charge in [-0.15, -0.1) is 13.2 Å². The highest BCUT2D eigenvalue weighted by atomic mass is 16.6. The van der Waals surface area contributed by atoms with Gasteiger partial charge in [0.25, 0.3) is 0 Å². The average Bonchev–Trinajstić information content (AvgIpc) is 2.87. The maximum atomic E-state index is 5.29. The molecular weight excluding hydrogens is 168 g/mol. The predicted octanol–water partition coefficient (Wildman–Crippen LogP) is 1.16. The van der Waals surface area contributed by atoms with Crippen molar-refractivity contribution in [1.29, 1.82) is 0 Å². The molecule has 0 radical (unpaired) electrons. The lowest BCUT2D eigenvalue weighted by atomic mass is 10.2. The van der Waals surface area contributed by atoms with E-state index >= 15 is 0 Å². The quantitative estimate of drug-likeness (QED) is 0.322. The van der Waals surface area contributed by atoms with Crippen LogP contribution in [0.3, 0.4) is 0 Å². The Hall–Kier alpha value is -0.640. The van der Waals surface area contributed by atoms with Gasteiger partial charge in [0.2, 0.25) is 0 Å². The summed E-state index contributed by atoms with van der Waals surface area (Å²) in [6, 6.07) is 0. The molecule has 0 aromatic rings. The zero-order valence-corrected chi connectivity index (χ0v) is 7.83. The molecule has 3 nitrogen and oxygen atoms in total. The first-order chi connectivity index (χ1) is 6.33.